The zero-order valence-corrected chi connectivity index (χ0v) is 14.2. The van der Waals surface area contributed by atoms with Crippen LogP contribution in [0, 0.1) is 0 Å². The molecule has 128 valence electrons. The van der Waals surface area contributed by atoms with Gasteiger partial charge in [0.2, 0.25) is 0 Å². The maximum absolute atomic E-state index is 10.9. The lowest BCUT2D eigenvalue weighted by atomic mass is 10.1. The predicted octanol–water partition coefficient (Wildman–Crippen LogP) is 2.08. The number of esters is 1. The number of nitrogens with two attached hydrogens (primary N) is 2. The first-order valence-corrected chi connectivity index (χ1v) is 7.31. The Balaban J connectivity index is -0.000000300. The number of unbranched alkanes of at least 4 members (excludes halogenated alkanes) is 2. The fourth-order valence-corrected chi connectivity index (χ4v) is 1.34. The molecule has 0 bridgehead atoms. The Bertz CT molecular complexity index is 265. The van der Waals surface area contributed by atoms with E-state index in [4.69, 9.17) is 21.3 Å². The second kappa shape index (κ2) is 17.2. The van der Waals surface area contributed by atoms with Crippen molar-refractivity contribution in [2.45, 2.75) is 71.4 Å². The minimum atomic E-state index is -0.900. The molecule has 0 spiro atoms. The zero-order chi connectivity index (χ0) is 16.0. The Labute approximate surface area is 134 Å². The molecule has 0 fully saturated rings. The van der Waals surface area contributed by atoms with Gasteiger partial charge in [-0.3, -0.25) is 9.59 Å². The van der Waals surface area contributed by atoms with Crippen molar-refractivity contribution in [3.05, 3.63) is 0 Å². The molecule has 0 saturated heterocycles. The molecule has 0 rings (SSSR count). The molecule has 0 aromatic heterocycles. The average Bonchev–Trinajstić information content (AvgIpc) is 2.42. The highest BCUT2D eigenvalue weighted by molar-refractivity contribution is 5.85. The van der Waals surface area contributed by atoms with Gasteiger partial charge in [-0.15, -0.1) is 12.4 Å². The Morgan fingerprint density at radius 2 is 1.43 bits per heavy atom. The molecule has 0 radical (unpaired) electrons. The molecule has 0 saturated carbocycles. The molecule has 0 aliphatic carbocycles. The van der Waals surface area contributed by atoms with E-state index in [-0.39, 0.29) is 18.4 Å². The van der Waals surface area contributed by atoms with Gasteiger partial charge in [0, 0.05) is 0 Å². The lowest BCUT2D eigenvalue weighted by Gasteiger charge is -2.08. The summed E-state index contributed by atoms with van der Waals surface area (Å²) in [5, 5.41) is 8.28. The van der Waals surface area contributed by atoms with Gasteiger partial charge >= 0.3 is 11.9 Å². The molecule has 0 aliphatic heterocycles. The minimum Gasteiger partial charge on any atom is -0.480 e. The Kier molecular flexibility index (Phi) is 20.6. The van der Waals surface area contributed by atoms with Crippen molar-refractivity contribution in [3.63, 3.8) is 0 Å². The number of rotatable bonds is 9. The zero-order valence-electron chi connectivity index (χ0n) is 13.3. The van der Waals surface area contributed by atoms with Crippen LogP contribution in [-0.4, -0.2) is 35.7 Å². The predicted molar refractivity (Wildman–Crippen MR) is 86.5 cm³/mol. The molecule has 6 nitrogen and oxygen atoms in total. The van der Waals surface area contributed by atoms with Crippen LogP contribution in [0.2, 0.25) is 0 Å². The molecule has 0 aromatic carbocycles. The maximum Gasteiger partial charge on any atom is 0.322 e. The number of carboxylic acids is 1. The third-order valence-corrected chi connectivity index (χ3v) is 2.64. The quantitative estimate of drug-likeness (QED) is 0.559. The lowest BCUT2D eigenvalue weighted by molar-refractivity contribution is -0.145. The van der Waals surface area contributed by atoms with Gasteiger partial charge in [-0.05, 0) is 19.8 Å². The van der Waals surface area contributed by atoms with E-state index in [9.17, 15) is 9.59 Å². The van der Waals surface area contributed by atoms with Crippen molar-refractivity contribution in [3.8, 4) is 0 Å². The highest BCUT2D eigenvalue weighted by atomic mass is 35.5. The first kappa shape index (κ1) is 25.1. The van der Waals surface area contributed by atoms with E-state index in [0.717, 1.165) is 32.1 Å². The third-order valence-electron chi connectivity index (χ3n) is 2.64. The van der Waals surface area contributed by atoms with Gasteiger partial charge in [-0.1, -0.05) is 39.5 Å². The molecule has 0 amide bonds. The molecule has 0 unspecified atom stereocenters. The van der Waals surface area contributed by atoms with Crippen LogP contribution in [0.5, 0.6) is 0 Å². The monoisotopic (exact) mass is 326 g/mol. The van der Waals surface area contributed by atoms with Crippen LogP contribution < -0.4 is 11.5 Å². The van der Waals surface area contributed by atoms with E-state index in [1.165, 1.54) is 0 Å². The molecule has 5 N–H and O–H groups in total. The summed E-state index contributed by atoms with van der Waals surface area (Å²) >= 11 is 0. The average molecular weight is 327 g/mol. The number of halogens is 1. The van der Waals surface area contributed by atoms with Crippen molar-refractivity contribution in [2.24, 2.45) is 11.5 Å². The summed E-state index contributed by atoms with van der Waals surface area (Å²) in [6.07, 6.45) is 5.27. The summed E-state index contributed by atoms with van der Waals surface area (Å²) in [6.45, 7) is 6.27. The molecular formula is C14H31ClN2O4. The van der Waals surface area contributed by atoms with Gasteiger partial charge in [0.15, 0.2) is 0 Å². The van der Waals surface area contributed by atoms with Crippen LogP contribution in [0.15, 0.2) is 0 Å². The highest BCUT2D eigenvalue weighted by Crippen LogP contribution is 1.99. The summed E-state index contributed by atoms with van der Waals surface area (Å²) in [5.41, 5.74) is 10.7. The Morgan fingerprint density at radius 1 is 1.00 bits per heavy atom. The molecular weight excluding hydrogens is 296 g/mol. The summed E-state index contributed by atoms with van der Waals surface area (Å²) in [5.74, 6) is -1.18. The summed E-state index contributed by atoms with van der Waals surface area (Å²) in [7, 11) is 0. The fourth-order valence-electron chi connectivity index (χ4n) is 1.34. The van der Waals surface area contributed by atoms with Crippen LogP contribution in [0.1, 0.15) is 59.3 Å². The lowest BCUT2D eigenvalue weighted by Crippen LogP contribution is -2.32. The molecule has 0 aliphatic rings. The standard InChI is InChI=1S/C8H17NO2.C6H13NO2.ClH/c1-3-5-6-7(9)8(10)11-4-2;1-2-3-4-5(7)6(8)9;/h7H,3-6,9H2,1-2H3;5H,2-4,7H2,1H3,(H,8,9);1H/t7-;5-;/m11./s1. The van der Waals surface area contributed by atoms with Crippen molar-refractivity contribution < 1.29 is 19.4 Å². The fraction of sp³-hybridized carbons (Fsp3) is 0.857. The molecule has 7 heteroatoms. The molecule has 2 atom stereocenters. The van der Waals surface area contributed by atoms with Crippen molar-refractivity contribution in [1.82, 2.24) is 0 Å². The van der Waals surface area contributed by atoms with Crippen LogP contribution in [-0.2, 0) is 14.3 Å². The maximum atomic E-state index is 10.9. The van der Waals surface area contributed by atoms with Gasteiger partial charge < -0.3 is 21.3 Å². The van der Waals surface area contributed by atoms with Crippen LogP contribution in [0.3, 0.4) is 0 Å². The molecule has 0 aromatic rings. The number of carboxylic acid groups (broad SMARTS) is 1. The van der Waals surface area contributed by atoms with E-state index in [1.54, 1.807) is 6.92 Å². The number of hydrogen-bond acceptors (Lipinski definition) is 5. The van der Waals surface area contributed by atoms with Crippen molar-refractivity contribution in [1.29, 1.82) is 0 Å². The van der Waals surface area contributed by atoms with Gasteiger partial charge in [-0.2, -0.15) is 0 Å². The SMILES string of the molecule is CCCC[C@@H](N)C(=O)O.CCCC[C@@H](N)C(=O)OCC.Cl. The minimum absolute atomic E-state index is 0. The van der Waals surface area contributed by atoms with E-state index in [1.807, 2.05) is 6.92 Å². The van der Waals surface area contributed by atoms with Gasteiger partial charge in [0.25, 0.3) is 0 Å². The van der Waals surface area contributed by atoms with Crippen LogP contribution in [0.4, 0.5) is 0 Å². The summed E-state index contributed by atoms with van der Waals surface area (Å²) in [4.78, 5) is 21.0. The van der Waals surface area contributed by atoms with Gasteiger partial charge in [0.05, 0.1) is 6.61 Å². The summed E-state index contributed by atoms with van der Waals surface area (Å²) in [6, 6.07) is -1.08. The second-order valence-electron chi connectivity index (χ2n) is 4.59. The van der Waals surface area contributed by atoms with E-state index >= 15 is 0 Å². The van der Waals surface area contributed by atoms with Crippen LogP contribution in [0.25, 0.3) is 0 Å². The second-order valence-corrected chi connectivity index (χ2v) is 4.59. The van der Waals surface area contributed by atoms with Gasteiger partial charge in [0.1, 0.15) is 12.1 Å². The number of carbonyl (C=O) groups excluding carboxylic acids is 1. The highest BCUT2D eigenvalue weighted by Gasteiger charge is 2.12. The van der Waals surface area contributed by atoms with Crippen molar-refractivity contribution in [2.75, 3.05) is 6.61 Å². The smallest absolute Gasteiger partial charge is 0.322 e. The number of ether oxygens (including phenoxy) is 1. The first-order valence-electron chi connectivity index (χ1n) is 7.31. The topological polar surface area (TPSA) is 116 Å². The van der Waals surface area contributed by atoms with Crippen LogP contribution >= 0.6 is 12.4 Å². The van der Waals surface area contributed by atoms with E-state index in [2.05, 4.69) is 6.92 Å². The van der Waals surface area contributed by atoms with Gasteiger partial charge in [-0.25, -0.2) is 0 Å². The Hall–Kier alpha value is -0.850. The molecule has 21 heavy (non-hydrogen) atoms. The molecule has 0 heterocycles. The normalized spacial score (nSPS) is 12.2. The number of aliphatic carboxylic acids is 1. The Morgan fingerprint density at radius 3 is 1.76 bits per heavy atom. The number of carbonyl (C=O) groups is 2. The van der Waals surface area contributed by atoms with E-state index in [0.29, 0.717) is 13.0 Å². The first-order chi connectivity index (χ1) is 9.40. The van der Waals surface area contributed by atoms with Crippen molar-refractivity contribution >= 4 is 24.3 Å². The summed E-state index contributed by atoms with van der Waals surface area (Å²) < 4.78 is 4.74. The van der Waals surface area contributed by atoms with E-state index < -0.39 is 18.1 Å². The largest absolute Gasteiger partial charge is 0.480 e. The third kappa shape index (κ3) is 17.1. The number of hydrogen-bond donors (Lipinski definition) is 3.